The van der Waals surface area contributed by atoms with E-state index >= 15 is 0 Å². The molecule has 0 radical (unpaired) electrons. The van der Waals surface area contributed by atoms with Crippen LogP contribution >= 0.6 is 11.3 Å². The molecule has 1 aromatic rings. The summed E-state index contributed by atoms with van der Waals surface area (Å²) >= 11 is 1.62. The fourth-order valence-electron chi connectivity index (χ4n) is 1.63. The third-order valence-electron chi connectivity index (χ3n) is 3.12. The molecule has 7 heteroatoms. The highest BCUT2D eigenvalue weighted by Gasteiger charge is 2.23. The number of nitrogens with zero attached hydrogens (tertiary/aromatic N) is 2. The summed E-state index contributed by atoms with van der Waals surface area (Å²) in [6, 6.07) is 2.01. The van der Waals surface area contributed by atoms with Gasteiger partial charge in [-0.15, -0.1) is 0 Å². The second-order valence-electron chi connectivity index (χ2n) is 5.00. The number of hydrogen-bond donors (Lipinski definition) is 1. The van der Waals surface area contributed by atoms with E-state index in [1.54, 1.807) is 18.4 Å². The second-order valence-corrected chi connectivity index (χ2v) is 7.59. The summed E-state index contributed by atoms with van der Waals surface area (Å²) in [5.74, 6) is 0. The van der Waals surface area contributed by atoms with Gasteiger partial charge in [0.2, 0.25) is 0 Å². The maximum Gasteiger partial charge on any atom is 0.279 e. The Bertz CT molecular complexity index is 469. The first-order chi connectivity index (χ1) is 8.75. The molecule has 0 spiro atoms. The van der Waals surface area contributed by atoms with Gasteiger partial charge in [0.1, 0.15) is 0 Å². The van der Waals surface area contributed by atoms with E-state index in [4.69, 9.17) is 0 Å². The van der Waals surface area contributed by atoms with Crippen molar-refractivity contribution in [1.29, 1.82) is 0 Å². The van der Waals surface area contributed by atoms with Crippen molar-refractivity contribution in [1.82, 2.24) is 13.9 Å². The lowest BCUT2D eigenvalue weighted by Crippen LogP contribution is -2.44. The molecule has 0 aliphatic rings. The third kappa shape index (κ3) is 4.54. The summed E-state index contributed by atoms with van der Waals surface area (Å²) in [4.78, 5) is 2.01. The number of thiophene rings is 1. The highest BCUT2D eigenvalue weighted by Crippen LogP contribution is 2.20. The lowest BCUT2D eigenvalue weighted by molar-refractivity contribution is 0.297. The van der Waals surface area contributed by atoms with Gasteiger partial charge in [0.05, 0.1) is 0 Å². The van der Waals surface area contributed by atoms with Crippen molar-refractivity contribution in [2.45, 2.75) is 25.9 Å². The molecule has 1 atom stereocenters. The van der Waals surface area contributed by atoms with Gasteiger partial charge in [0, 0.05) is 25.7 Å². The highest BCUT2D eigenvalue weighted by molar-refractivity contribution is 7.87. The molecule has 0 aliphatic heterocycles. The van der Waals surface area contributed by atoms with Crippen molar-refractivity contribution in [2.24, 2.45) is 0 Å². The molecule has 0 saturated heterocycles. The van der Waals surface area contributed by atoms with E-state index in [9.17, 15) is 8.42 Å². The number of rotatable bonds is 7. The first-order valence-corrected chi connectivity index (χ1v) is 8.55. The van der Waals surface area contributed by atoms with Gasteiger partial charge in [-0.1, -0.05) is 0 Å². The van der Waals surface area contributed by atoms with Crippen molar-refractivity contribution >= 4 is 21.5 Å². The van der Waals surface area contributed by atoms with Crippen molar-refractivity contribution in [2.75, 3.05) is 27.7 Å². The van der Waals surface area contributed by atoms with Crippen LogP contribution in [0.1, 0.15) is 25.5 Å². The van der Waals surface area contributed by atoms with Crippen LogP contribution in [-0.4, -0.2) is 51.4 Å². The fraction of sp³-hybridized carbons (Fsp3) is 0.667. The van der Waals surface area contributed by atoms with Gasteiger partial charge in [0.15, 0.2) is 0 Å². The zero-order chi connectivity index (χ0) is 14.6. The molecule has 0 amide bonds. The Hall–Kier alpha value is -0.470. The van der Waals surface area contributed by atoms with E-state index in [1.165, 1.54) is 4.31 Å². The molecular formula is C12H23N3O2S2. The first-order valence-electron chi connectivity index (χ1n) is 6.17. The van der Waals surface area contributed by atoms with Crippen LogP contribution in [0, 0.1) is 0 Å². The maximum atomic E-state index is 12.1. The van der Waals surface area contributed by atoms with Gasteiger partial charge >= 0.3 is 0 Å². The molecule has 1 aromatic heterocycles. The van der Waals surface area contributed by atoms with Gasteiger partial charge < -0.3 is 4.90 Å². The van der Waals surface area contributed by atoms with Gasteiger partial charge in [-0.25, -0.2) is 4.72 Å². The molecule has 19 heavy (non-hydrogen) atoms. The molecule has 0 aliphatic carbocycles. The summed E-state index contributed by atoms with van der Waals surface area (Å²) in [5, 5.41) is 4.05. The minimum Gasteiger partial charge on any atom is -0.301 e. The largest absolute Gasteiger partial charge is 0.301 e. The Balaban J connectivity index is 2.73. The van der Waals surface area contributed by atoms with Crippen molar-refractivity contribution in [3.05, 3.63) is 22.4 Å². The van der Waals surface area contributed by atoms with Crippen LogP contribution in [0.4, 0.5) is 0 Å². The van der Waals surface area contributed by atoms with E-state index in [0.29, 0.717) is 6.54 Å². The number of hydrogen-bond acceptors (Lipinski definition) is 4. The van der Waals surface area contributed by atoms with Crippen LogP contribution < -0.4 is 4.72 Å². The van der Waals surface area contributed by atoms with Crippen LogP contribution in [0.25, 0.3) is 0 Å². The number of nitrogens with one attached hydrogen (secondary N) is 1. The summed E-state index contributed by atoms with van der Waals surface area (Å²) < 4.78 is 28.1. The van der Waals surface area contributed by atoms with Crippen LogP contribution in [-0.2, 0) is 10.2 Å². The van der Waals surface area contributed by atoms with Gasteiger partial charge in [-0.05, 0) is 50.3 Å². The van der Waals surface area contributed by atoms with E-state index < -0.39 is 10.2 Å². The monoisotopic (exact) mass is 305 g/mol. The van der Waals surface area contributed by atoms with Gasteiger partial charge in [-0.2, -0.15) is 24.1 Å². The Morgan fingerprint density at radius 1 is 1.32 bits per heavy atom. The number of likely N-dealkylation sites (N-methyl/N-ethyl adjacent to an activating group) is 1. The van der Waals surface area contributed by atoms with E-state index in [2.05, 4.69) is 4.72 Å². The molecular weight excluding hydrogens is 282 g/mol. The van der Waals surface area contributed by atoms with E-state index in [-0.39, 0.29) is 12.1 Å². The summed E-state index contributed by atoms with van der Waals surface area (Å²) in [6.07, 6.45) is 0. The summed E-state index contributed by atoms with van der Waals surface area (Å²) in [7, 11) is 2.06. The Morgan fingerprint density at radius 2 is 1.95 bits per heavy atom. The molecule has 1 heterocycles. The second kappa shape index (κ2) is 6.81. The smallest absolute Gasteiger partial charge is 0.279 e. The van der Waals surface area contributed by atoms with Crippen LogP contribution in [0.15, 0.2) is 16.8 Å². The van der Waals surface area contributed by atoms with E-state index in [1.807, 2.05) is 49.7 Å². The lowest BCUT2D eigenvalue weighted by Gasteiger charge is -2.26. The van der Waals surface area contributed by atoms with Crippen LogP contribution in [0.2, 0.25) is 0 Å². The molecule has 1 rings (SSSR count). The van der Waals surface area contributed by atoms with Crippen LogP contribution in [0.3, 0.4) is 0 Å². The molecule has 0 unspecified atom stereocenters. The average molecular weight is 305 g/mol. The molecule has 0 bridgehead atoms. The molecule has 0 fully saturated rings. The van der Waals surface area contributed by atoms with Crippen molar-refractivity contribution < 1.29 is 8.42 Å². The molecule has 0 aromatic carbocycles. The third-order valence-corrected chi connectivity index (χ3v) is 5.53. The summed E-state index contributed by atoms with van der Waals surface area (Å²) in [5.41, 5.74) is 1.13. The van der Waals surface area contributed by atoms with Crippen LogP contribution in [0.5, 0.6) is 0 Å². The maximum absolute atomic E-state index is 12.1. The Labute approximate surface area is 120 Å². The minimum absolute atomic E-state index is 0.0431. The molecule has 0 saturated carbocycles. The zero-order valence-electron chi connectivity index (χ0n) is 12.1. The van der Waals surface area contributed by atoms with Gasteiger partial charge in [-0.3, -0.25) is 0 Å². The Morgan fingerprint density at radius 3 is 2.37 bits per heavy atom. The first kappa shape index (κ1) is 16.6. The lowest BCUT2D eigenvalue weighted by atomic mass is 10.1. The summed E-state index contributed by atoms with van der Waals surface area (Å²) in [6.45, 7) is 4.06. The average Bonchev–Trinajstić information content (AvgIpc) is 2.81. The quantitative estimate of drug-likeness (QED) is 0.831. The SMILES string of the molecule is CC(C)N(C)S(=O)(=O)NC[C@@H](c1ccsc1)N(C)C. The predicted molar refractivity (Wildman–Crippen MR) is 80.6 cm³/mol. The highest BCUT2D eigenvalue weighted by atomic mass is 32.2. The minimum atomic E-state index is -3.42. The van der Waals surface area contributed by atoms with Gasteiger partial charge in [0.25, 0.3) is 10.2 Å². The standard InChI is InChI=1S/C12H23N3O2S2/c1-10(2)15(5)19(16,17)13-8-12(14(3)4)11-6-7-18-9-11/h6-7,9-10,12-13H,8H2,1-5H3/t12-/m0/s1. The molecule has 110 valence electrons. The fourth-order valence-corrected chi connectivity index (χ4v) is 3.46. The topological polar surface area (TPSA) is 52.7 Å². The predicted octanol–water partition coefficient (Wildman–Crippen LogP) is 1.53. The molecule has 5 nitrogen and oxygen atoms in total. The zero-order valence-corrected chi connectivity index (χ0v) is 13.8. The normalized spacial score (nSPS) is 14.5. The Kier molecular flexibility index (Phi) is 5.94. The van der Waals surface area contributed by atoms with Crippen molar-refractivity contribution in [3.8, 4) is 0 Å². The molecule has 1 N–H and O–H groups in total. The van der Waals surface area contributed by atoms with E-state index in [0.717, 1.165) is 5.56 Å². The van der Waals surface area contributed by atoms with Crippen molar-refractivity contribution in [3.63, 3.8) is 0 Å².